The molecular weight excluding hydrogens is 622 g/mol. The first kappa shape index (κ1) is 33.8. The molecule has 0 aliphatic heterocycles. The Labute approximate surface area is 262 Å². The maximum absolute atomic E-state index is 17.2. The predicted octanol–water partition coefficient (Wildman–Crippen LogP) is 5.56. The van der Waals surface area contributed by atoms with Crippen LogP contribution in [0.1, 0.15) is 59.8 Å². The summed E-state index contributed by atoms with van der Waals surface area (Å²) >= 11 is 10.7. The molecule has 0 bridgehead atoms. The normalized spacial score (nSPS) is 38.6. The molecule has 5 rings (SSSR count). The first-order chi connectivity index (χ1) is 18.7. The second-order valence-electron chi connectivity index (χ2n) is 11.9. The Bertz CT molecular complexity index is 1340. The van der Waals surface area contributed by atoms with Gasteiger partial charge >= 0.3 is 5.97 Å². The van der Waals surface area contributed by atoms with Crippen molar-refractivity contribution in [1.29, 1.82) is 0 Å². The van der Waals surface area contributed by atoms with Crippen LogP contribution in [0.3, 0.4) is 0 Å². The smallest absolute Gasteiger partial charge is 0.306 e. The van der Waals surface area contributed by atoms with Crippen molar-refractivity contribution in [3.8, 4) is 0 Å². The van der Waals surface area contributed by atoms with Crippen molar-refractivity contribution in [2.75, 3.05) is 5.88 Å². The van der Waals surface area contributed by atoms with Crippen LogP contribution in [0.4, 0.5) is 4.39 Å². The van der Waals surface area contributed by atoms with Gasteiger partial charge in [-0.3, -0.25) is 14.4 Å². The number of pyridine rings is 1. The number of Topliss-reactive ketones (excluding diaryl/α,β-unsaturated/α-hetero) is 1. The number of halogens is 2. The molecule has 2 N–H and O–H groups in total. The molecule has 4 aliphatic carbocycles. The molecule has 0 amide bonds. The Morgan fingerprint density at radius 3 is 2.51 bits per heavy atom. The zero-order chi connectivity index (χ0) is 29.7. The topological polar surface area (TPSA) is 106 Å². The van der Waals surface area contributed by atoms with E-state index in [2.05, 4.69) is 12.2 Å². The summed E-state index contributed by atoms with van der Waals surface area (Å²) in [6.07, 6.45) is 6.16. The van der Waals surface area contributed by atoms with Crippen LogP contribution < -0.4 is 0 Å². The van der Waals surface area contributed by atoms with E-state index in [1.807, 2.05) is 13.8 Å². The van der Waals surface area contributed by atoms with Gasteiger partial charge in [-0.25, -0.2) is 4.39 Å². The van der Waals surface area contributed by atoms with Gasteiger partial charge in [0.05, 0.1) is 12.0 Å². The number of aliphatic hydroxyl groups is 1. The number of aliphatic hydroxyl groups excluding tert-OH is 1. The second kappa shape index (κ2) is 12.1. The fourth-order valence-electron chi connectivity index (χ4n) is 8.17. The molecule has 4 aliphatic rings. The average molecular weight is 660 g/mol. The third-order valence-corrected chi connectivity index (χ3v) is 10.6. The third-order valence-electron chi connectivity index (χ3n) is 10.1. The van der Waals surface area contributed by atoms with E-state index < -0.39 is 40.1 Å². The Morgan fingerprint density at radius 2 is 1.95 bits per heavy atom. The number of allylic oxidation sites excluding steroid dienone is 4. The van der Waals surface area contributed by atoms with E-state index in [0.717, 1.165) is 4.73 Å². The number of rotatable bonds is 4. The fourth-order valence-corrected chi connectivity index (χ4v) is 8.51. The first-order valence-electron chi connectivity index (χ1n) is 13.7. The van der Waals surface area contributed by atoms with Crippen molar-refractivity contribution in [2.24, 2.45) is 28.6 Å². The maximum atomic E-state index is 17.2. The van der Waals surface area contributed by atoms with E-state index >= 15 is 4.39 Å². The van der Waals surface area contributed by atoms with E-state index in [1.54, 1.807) is 38.1 Å². The molecule has 1 heterocycles. The monoisotopic (exact) mass is 657 g/mol. The van der Waals surface area contributed by atoms with Gasteiger partial charge in [-0.15, -0.1) is 11.6 Å². The number of carbonyl (C=O) groups excluding carboxylic acids is 3. The predicted molar refractivity (Wildman–Crippen MR) is 150 cm³/mol. The minimum atomic E-state index is -1.99. The van der Waals surface area contributed by atoms with E-state index in [4.69, 9.17) is 21.5 Å². The van der Waals surface area contributed by atoms with Crippen LogP contribution in [0.5, 0.6) is 0 Å². The van der Waals surface area contributed by atoms with Crippen LogP contribution in [0.15, 0.2) is 48.2 Å². The molecule has 220 valence electrons. The minimum absolute atomic E-state index is 0. The first-order valence-corrected chi connectivity index (χ1v) is 14.7. The molecule has 0 aromatic carbocycles. The van der Waals surface area contributed by atoms with E-state index in [-0.39, 0.29) is 61.6 Å². The number of nitrogens with zero attached hydrogens (tertiary/aromatic N) is 1. The van der Waals surface area contributed by atoms with Gasteiger partial charge < -0.3 is 15.1 Å². The Balaban J connectivity index is 0.000000444. The van der Waals surface area contributed by atoms with Crippen molar-refractivity contribution >= 4 is 41.4 Å². The van der Waals surface area contributed by atoms with Crippen molar-refractivity contribution in [3.63, 3.8) is 0 Å². The van der Waals surface area contributed by atoms with Crippen LogP contribution in [-0.4, -0.2) is 55.8 Å². The third kappa shape index (κ3) is 5.01. The van der Waals surface area contributed by atoms with Gasteiger partial charge in [0.15, 0.2) is 22.8 Å². The Hall–Kier alpha value is -1.74. The molecular formula is C30H37ClFNO6SZn. The number of ether oxygens (including phenoxy) is 1. The minimum Gasteiger partial charge on any atom is -0.450 e. The summed E-state index contributed by atoms with van der Waals surface area (Å²) in [4.78, 5) is 37.7. The van der Waals surface area contributed by atoms with Gasteiger partial charge in [0.1, 0.15) is 4.64 Å². The molecule has 11 heteroatoms. The molecule has 7 nitrogen and oxygen atoms in total. The zero-order valence-corrected chi connectivity index (χ0v) is 28.5. The molecule has 41 heavy (non-hydrogen) atoms. The quantitative estimate of drug-likeness (QED) is 0.144. The summed E-state index contributed by atoms with van der Waals surface area (Å²) in [5, 5.41) is 20.1. The van der Waals surface area contributed by atoms with E-state index in [1.165, 1.54) is 18.3 Å². The van der Waals surface area contributed by atoms with Crippen LogP contribution in [0.2, 0.25) is 0 Å². The fraction of sp³-hybridized carbons (Fsp3) is 0.600. The van der Waals surface area contributed by atoms with Gasteiger partial charge in [0.2, 0.25) is 0 Å². The van der Waals surface area contributed by atoms with Crippen molar-refractivity contribution in [3.05, 3.63) is 52.8 Å². The van der Waals surface area contributed by atoms with Crippen LogP contribution >= 0.6 is 23.8 Å². The summed E-state index contributed by atoms with van der Waals surface area (Å²) < 4.78 is 24.4. The van der Waals surface area contributed by atoms with Crippen molar-refractivity contribution in [1.82, 2.24) is 4.73 Å². The molecule has 0 saturated heterocycles. The number of aromatic nitrogens is 1. The summed E-state index contributed by atoms with van der Waals surface area (Å²) in [5.41, 5.74) is -4.83. The van der Waals surface area contributed by atoms with Gasteiger partial charge in [0.25, 0.3) is 0 Å². The number of fused-ring (bicyclic) bond motifs is 5. The number of hydrogen-bond acceptors (Lipinski definition) is 7. The van der Waals surface area contributed by atoms with Gasteiger partial charge in [0, 0.05) is 54.8 Å². The summed E-state index contributed by atoms with van der Waals surface area (Å²) in [6, 6.07) is 5.13. The molecule has 1 aromatic rings. The number of hydrogen-bond donors (Lipinski definition) is 2. The zero-order valence-electron chi connectivity index (χ0n) is 23.9. The van der Waals surface area contributed by atoms with E-state index in [9.17, 15) is 19.5 Å². The van der Waals surface area contributed by atoms with E-state index in [0.29, 0.717) is 29.5 Å². The second-order valence-corrected chi connectivity index (χ2v) is 12.6. The molecule has 1 aromatic heterocycles. The summed E-state index contributed by atoms with van der Waals surface area (Å²) in [6.45, 7) is 7.13. The summed E-state index contributed by atoms with van der Waals surface area (Å²) in [7, 11) is 0. The molecule has 0 spiro atoms. The van der Waals surface area contributed by atoms with Crippen molar-refractivity contribution in [2.45, 2.75) is 77.2 Å². The van der Waals surface area contributed by atoms with Crippen LogP contribution in [0, 0.1) is 33.2 Å². The summed E-state index contributed by atoms with van der Waals surface area (Å²) in [5.74, 6) is -2.57. The molecule has 8 atom stereocenters. The van der Waals surface area contributed by atoms with Gasteiger partial charge in [-0.05, 0) is 62.8 Å². The maximum Gasteiger partial charge on any atom is 0.306 e. The Morgan fingerprint density at radius 1 is 1.27 bits per heavy atom. The molecule has 3 saturated carbocycles. The SMILES string of the molecule is CCC(=O)O[C@]1(C(=O)CCl)[C@@H](C)C[C@H]2[C@@H]3CCC4=CC(=O)C=C[C@]4(C)[C@@]3(F)[C@@H](O)C[C@@]21C.On1ccccc1=S.[Zn]. The number of esters is 1. The largest absolute Gasteiger partial charge is 0.450 e. The van der Waals surface area contributed by atoms with Crippen molar-refractivity contribution < 1.29 is 53.3 Å². The van der Waals surface area contributed by atoms with Crippen LogP contribution in [-0.2, 0) is 38.6 Å². The van der Waals surface area contributed by atoms with Crippen LogP contribution in [0.25, 0.3) is 0 Å². The standard InChI is InChI=1S/C25H32ClFO5.C5H5NOS.Zn/c1-5-21(31)32-25(20(30)13-26)14(2)10-18-17-7-6-15-11-16(28)8-9-22(15,3)24(17,27)19(29)12-23(18,25)4;7-6-4-2-1-3-5(6)8;/h8-9,11,14,17-19,29H,5-7,10,12-13H2,1-4H3;1-4,7H;/t14-,17-,18-,19-,22-,23-,24-,25-;;/m0../s1. The Kier molecular flexibility index (Phi) is 9.96. The molecule has 0 radical (unpaired) electrons. The van der Waals surface area contributed by atoms with Gasteiger partial charge in [-0.2, -0.15) is 4.73 Å². The van der Waals surface area contributed by atoms with Gasteiger partial charge in [-0.1, -0.05) is 50.7 Å². The number of ketones is 2. The average Bonchev–Trinajstić information content (AvgIpc) is 3.13. The number of carbonyl (C=O) groups is 3. The molecule has 3 fully saturated rings. The molecule has 0 unspecified atom stereocenters. The number of alkyl halides is 2.